The first-order valence-electron chi connectivity index (χ1n) is 13.6. The minimum atomic E-state index is -0.380. The standard InChI is InChI=1S/C33H33NO6/c1-7-12-39-28-17-26-23(16-27(28)38-6)30-29(21-9-8-18(2)24(15-21)36-4)31-22-13-19(3)25(37-5)14-20(22)10-11-34(31)32(30)33(35)40-26/h8-9,13-17H,7,10-12H2,1-6H3. The molecule has 0 bridgehead atoms. The first-order valence-corrected chi connectivity index (χ1v) is 13.6. The second-order valence-electron chi connectivity index (χ2n) is 10.2. The maximum Gasteiger partial charge on any atom is 0.361 e. The minimum absolute atomic E-state index is 0.380. The molecule has 206 valence electrons. The summed E-state index contributed by atoms with van der Waals surface area (Å²) in [5, 5.41) is 1.62. The van der Waals surface area contributed by atoms with E-state index in [0.29, 0.717) is 35.8 Å². The van der Waals surface area contributed by atoms with Gasteiger partial charge in [0, 0.05) is 34.5 Å². The van der Waals surface area contributed by atoms with Gasteiger partial charge in [0.25, 0.3) is 0 Å². The van der Waals surface area contributed by atoms with E-state index >= 15 is 0 Å². The molecule has 3 heterocycles. The summed E-state index contributed by atoms with van der Waals surface area (Å²) in [4.78, 5) is 13.7. The van der Waals surface area contributed by atoms with E-state index in [1.54, 1.807) is 27.4 Å². The third-order valence-electron chi connectivity index (χ3n) is 7.83. The predicted octanol–water partition coefficient (Wildman–Crippen LogP) is 7.07. The number of nitrogens with zero attached hydrogens (tertiary/aromatic N) is 1. The van der Waals surface area contributed by atoms with Crippen LogP contribution < -0.4 is 24.6 Å². The van der Waals surface area contributed by atoms with Crippen LogP contribution in [-0.2, 0) is 13.0 Å². The summed E-state index contributed by atoms with van der Waals surface area (Å²) in [7, 11) is 5.00. The van der Waals surface area contributed by atoms with E-state index in [1.807, 2.05) is 32.9 Å². The van der Waals surface area contributed by atoms with E-state index in [9.17, 15) is 4.79 Å². The summed E-state index contributed by atoms with van der Waals surface area (Å²) < 4.78 is 31.1. The molecule has 0 amide bonds. The number of aryl methyl sites for hydroxylation is 4. The molecule has 2 aromatic heterocycles. The average molecular weight is 540 g/mol. The van der Waals surface area contributed by atoms with Crippen LogP contribution in [0.2, 0.25) is 0 Å². The zero-order valence-corrected chi connectivity index (χ0v) is 23.8. The van der Waals surface area contributed by atoms with Gasteiger partial charge in [0.1, 0.15) is 22.6 Å². The van der Waals surface area contributed by atoms with Crippen LogP contribution in [0.25, 0.3) is 44.3 Å². The van der Waals surface area contributed by atoms with Crippen molar-refractivity contribution >= 4 is 21.9 Å². The lowest BCUT2D eigenvalue weighted by molar-refractivity contribution is 0.294. The van der Waals surface area contributed by atoms with Gasteiger partial charge in [-0.2, -0.15) is 0 Å². The Morgan fingerprint density at radius 3 is 2.35 bits per heavy atom. The van der Waals surface area contributed by atoms with Crippen LogP contribution in [0.4, 0.5) is 0 Å². The van der Waals surface area contributed by atoms with E-state index in [1.165, 1.54) is 5.56 Å². The van der Waals surface area contributed by atoms with E-state index in [2.05, 4.69) is 28.8 Å². The smallest absolute Gasteiger partial charge is 0.361 e. The van der Waals surface area contributed by atoms with Crippen molar-refractivity contribution in [2.75, 3.05) is 27.9 Å². The SMILES string of the molecule is CCCOc1cc2oc(=O)c3c(c(-c4ccc(C)c(OC)c4)c4n3CCc3cc(OC)c(C)cc3-4)c2cc1OC. The van der Waals surface area contributed by atoms with Crippen LogP contribution in [0.3, 0.4) is 0 Å². The van der Waals surface area contributed by atoms with Crippen LogP contribution in [0, 0.1) is 13.8 Å². The monoisotopic (exact) mass is 539 g/mol. The van der Waals surface area contributed by atoms with Gasteiger partial charge in [0.05, 0.1) is 33.6 Å². The maximum absolute atomic E-state index is 13.7. The number of rotatable bonds is 7. The van der Waals surface area contributed by atoms with Crippen molar-refractivity contribution in [3.63, 3.8) is 0 Å². The summed E-state index contributed by atoms with van der Waals surface area (Å²) in [6, 6.07) is 14.2. The lowest BCUT2D eigenvalue weighted by atomic mass is 9.90. The quantitative estimate of drug-likeness (QED) is 0.206. The Balaban J connectivity index is 1.79. The molecule has 1 aliphatic heterocycles. The Hall–Kier alpha value is -4.39. The molecule has 0 radical (unpaired) electrons. The van der Waals surface area contributed by atoms with Crippen LogP contribution >= 0.6 is 0 Å². The molecule has 0 unspecified atom stereocenters. The summed E-state index contributed by atoms with van der Waals surface area (Å²) in [5.74, 6) is 2.78. The Labute approximate surface area is 232 Å². The molecule has 7 heteroatoms. The molecule has 3 aromatic carbocycles. The lowest BCUT2D eigenvalue weighted by Gasteiger charge is -2.23. The molecular formula is C33H33NO6. The number of benzene rings is 3. The normalized spacial score (nSPS) is 12.3. The Morgan fingerprint density at radius 1 is 0.875 bits per heavy atom. The zero-order valence-electron chi connectivity index (χ0n) is 23.8. The summed E-state index contributed by atoms with van der Waals surface area (Å²) >= 11 is 0. The number of aromatic nitrogens is 1. The first kappa shape index (κ1) is 25.9. The van der Waals surface area contributed by atoms with Gasteiger partial charge in [-0.25, -0.2) is 4.79 Å². The number of hydrogen-bond donors (Lipinski definition) is 0. The number of methoxy groups -OCH3 is 3. The van der Waals surface area contributed by atoms with Crippen LogP contribution in [-0.4, -0.2) is 32.5 Å². The van der Waals surface area contributed by atoms with Crippen molar-refractivity contribution in [3.05, 3.63) is 69.6 Å². The van der Waals surface area contributed by atoms with Crippen molar-refractivity contribution in [3.8, 4) is 45.4 Å². The van der Waals surface area contributed by atoms with Gasteiger partial charge in [-0.3, -0.25) is 0 Å². The van der Waals surface area contributed by atoms with Gasteiger partial charge in [-0.1, -0.05) is 19.1 Å². The molecule has 0 fully saturated rings. The summed E-state index contributed by atoms with van der Waals surface area (Å²) in [6.45, 7) is 7.28. The summed E-state index contributed by atoms with van der Waals surface area (Å²) in [6.07, 6.45) is 1.61. The van der Waals surface area contributed by atoms with Crippen LogP contribution in [0.5, 0.6) is 23.0 Å². The highest BCUT2D eigenvalue weighted by Gasteiger charge is 2.30. The number of fused-ring (bicyclic) bond motifs is 7. The Kier molecular flexibility index (Phi) is 6.45. The van der Waals surface area contributed by atoms with Gasteiger partial charge in [0.15, 0.2) is 11.5 Å². The predicted molar refractivity (Wildman–Crippen MR) is 157 cm³/mol. The fourth-order valence-electron chi connectivity index (χ4n) is 5.92. The fourth-order valence-corrected chi connectivity index (χ4v) is 5.92. The highest BCUT2D eigenvalue weighted by Crippen LogP contribution is 2.48. The molecule has 7 nitrogen and oxygen atoms in total. The molecule has 0 spiro atoms. The largest absolute Gasteiger partial charge is 0.496 e. The third-order valence-corrected chi connectivity index (χ3v) is 7.83. The topological polar surface area (TPSA) is 72.1 Å². The number of hydrogen-bond acceptors (Lipinski definition) is 6. The van der Waals surface area contributed by atoms with Crippen molar-refractivity contribution in [2.45, 2.75) is 40.2 Å². The van der Waals surface area contributed by atoms with Crippen molar-refractivity contribution in [2.24, 2.45) is 0 Å². The van der Waals surface area contributed by atoms with Crippen molar-refractivity contribution in [1.29, 1.82) is 0 Å². The highest BCUT2D eigenvalue weighted by molar-refractivity contribution is 6.17. The van der Waals surface area contributed by atoms with Gasteiger partial charge < -0.3 is 27.9 Å². The third kappa shape index (κ3) is 3.91. The molecule has 5 aromatic rings. The fraction of sp³-hybridized carbons (Fsp3) is 0.303. The lowest BCUT2D eigenvalue weighted by Crippen LogP contribution is -2.15. The van der Waals surface area contributed by atoms with E-state index in [0.717, 1.165) is 68.6 Å². The minimum Gasteiger partial charge on any atom is -0.496 e. The first-order chi connectivity index (χ1) is 19.4. The van der Waals surface area contributed by atoms with E-state index in [-0.39, 0.29) is 5.63 Å². The molecule has 0 atom stereocenters. The molecule has 40 heavy (non-hydrogen) atoms. The van der Waals surface area contributed by atoms with Gasteiger partial charge in [-0.15, -0.1) is 0 Å². The van der Waals surface area contributed by atoms with Gasteiger partial charge in [0.2, 0.25) is 0 Å². The van der Waals surface area contributed by atoms with Crippen molar-refractivity contribution < 1.29 is 23.4 Å². The van der Waals surface area contributed by atoms with E-state index < -0.39 is 0 Å². The molecule has 1 aliphatic rings. The zero-order chi connectivity index (χ0) is 28.1. The van der Waals surface area contributed by atoms with Gasteiger partial charge >= 0.3 is 5.63 Å². The Morgan fingerprint density at radius 2 is 1.62 bits per heavy atom. The molecule has 0 N–H and O–H groups in total. The van der Waals surface area contributed by atoms with Crippen molar-refractivity contribution in [1.82, 2.24) is 4.57 Å². The van der Waals surface area contributed by atoms with E-state index in [4.69, 9.17) is 23.4 Å². The average Bonchev–Trinajstić information content (AvgIpc) is 3.32. The van der Waals surface area contributed by atoms with Gasteiger partial charge in [-0.05, 0) is 73.2 Å². The maximum atomic E-state index is 13.7. The second-order valence-corrected chi connectivity index (χ2v) is 10.2. The molecule has 0 saturated heterocycles. The molecule has 6 rings (SSSR count). The molecule has 0 saturated carbocycles. The van der Waals surface area contributed by atoms with Crippen LogP contribution in [0.1, 0.15) is 30.0 Å². The number of ether oxygens (including phenoxy) is 4. The van der Waals surface area contributed by atoms with Crippen LogP contribution in [0.15, 0.2) is 51.7 Å². The highest BCUT2D eigenvalue weighted by atomic mass is 16.5. The second kappa shape index (κ2) is 9.97. The summed E-state index contributed by atoms with van der Waals surface area (Å²) in [5.41, 5.74) is 7.85. The Bertz CT molecular complexity index is 1840. The molecular weight excluding hydrogens is 506 g/mol. The molecule has 0 aliphatic carbocycles.